The summed E-state index contributed by atoms with van der Waals surface area (Å²) in [5, 5.41) is 0. The number of carbonyl (C=O) groups is 1. The van der Waals surface area contributed by atoms with Crippen molar-refractivity contribution in [1.29, 1.82) is 0 Å². The van der Waals surface area contributed by atoms with E-state index in [0.29, 0.717) is 59.5 Å². The fourth-order valence-corrected chi connectivity index (χ4v) is 5.32. The standard InChI is InChI=1S/C39H77NO12S/c1-9-35(10-2)49-28-45-24-33(25-46-29-50-36(11-3)12-4)22-43-20-32(19-42-18-17-39(41)40-53)21-44-23-34(26-47-30-51-37(13-5)14-6)27-48-31-52-38(15-7)16-8/h32-38H,9-31H2,1-8H3. The summed E-state index contributed by atoms with van der Waals surface area (Å²) in [5.41, 5.74) is 0. The first-order valence-corrected chi connectivity index (χ1v) is 20.6. The van der Waals surface area contributed by atoms with Gasteiger partial charge in [-0.3, -0.25) is 4.79 Å². The Hall–Kier alpha value is -0.750. The van der Waals surface area contributed by atoms with Crippen molar-refractivity contribution in [3.05, 3.63) is 0 Å². The molecule has 0 rings (SSSR count). The molecule has 0 radical (unpaired) electrons. The van der Waals surface area contributed by atoms with Crippen molar-refractivity contribution in [1.82, 2.24) is 0 Å². The predicted molar refractivity (Wildman–Crippen MR) is 207 cm³/mol. The molecule has 0 aromatic heterocycles. The number of hydrogen-bond donors (Lipinski definition) is 0. The largest absolute Gasteiger partial charge is 0.381 e. The van der Waals surface area contributed by atoms with Crippen LogP contribution in [-0.4, -0.2) is 124 Å². The van der Waals surface area contributed by atoms with E-state index in [1.165, 1.54) is 0 Å². The molecule has 0 unspecified atom stereocenters. The Balaban J connectivity index is 5.30. The van der Waals surface area contributed by atoms with Crippen molar-refractivity contribution in [2.45, 2.75) is 138 Å². The van der Waals surface area contributed by atoms with E-state index in [0.717, 1.165) is 51.4 Å². The van der Waals surface area contributed by atoms with Crippen LogP contribution >= 0.6 is 0 Å². The normalized spacial score (nSPS) is 12.3. The maximum Gasteiger partial charge on any atom is 0.259 e. The van der Waals surface area contributed by atoms with Crippen molar-refractivity contribution >= 4 is 18.3 Å². The van der Waals surface area contributed by atoms with Gasteiger partial charge in [0.1, 0.15) is 27.2 Å². The minimum atomic E-state index is -0.377. The van der Waals surface area contributed by atoms with Crippen LogP contribution in [0.1, 0.15) is 113 Å². The third-order valence-corrected chi connectivity index (χ3v) is 9.14. The van der Waals surface area contributed by atoms with Gasteiger partial charge in [0.05, 0.1) is 96.9 Å². The zero-order chi connectivity index (χ0) is 39.4. The maximum atomic E-state index is 11.6. The molecule has 0 aromatic rings. The third-order valence-electron chi connectivity index (χ3n) is 8.94. The molecule has 0 heterocycles. The van der Waals surface area contributed by atoms with Gasteiger partial charge in [0.15, 0.2) is 0 Å². The highest BCUT2D eigenvalue weighted by molar-refractivity contribution is 7.47. The summed E-state index contributed by atoms with van der Waals surface area (Å²) in [6.07, 6.45) is 8.31. The van der Waals surface area contributed by atoms with Gasteiger partial charge in [-0.05, 0) is 51.4 Å². The van der Waals surface area contributed by atoms with Gasteiger partial charge in [-0.25, -0.2) is 0 Å². The highest BCUT2D eigenvalue weighted by Crippen LogP contribution is 2.11. The first-order chi connectivity index (χ1) is 25.8. The van der Waals surface area contributed by atoms with Gasteiger partial charge in [-0.2, -0.15) is 0 Å². The van der Waals surface area contributed by atoms with Gasteiger partial charge < -0.3 is 52.1 Å². The van der Waals surface area contributed by atoms with Crippen LogP contribution in [0.5, 0.6) is 0 Å². The van der Waals surface area contributed by atoms with Crippen molar-refractivity contribution < 1.29 is 56.9 Å². The van der Waals surface area contributed by atoms with Crippen molar-refractivity contribution in [3.8, 4) is 0 Å². The lowest BCUT2D eigenvalue weighted by molar-refractivity contribution is -0.134. The number of rotatable bonds is 41. The molecule has 13 nitrogen and oxygen atoms in total. The summed E-state index contributed by atoms with van der Waals surface area (Å²) in [6.45, 7) is 21.4. The zero-order valence-electron chi connectivity index (χ0n) is 34.6. The molecule has 0 spiro atoms. The second-order valence-electron chi connectivity index (χ2n) is 13.4. The average Bonchev–Trinajstić information content (AvgIpc) is 3.18. The van der Waals surface area contributed by atoms with E-state index in [4.69, 9.17) is 52.1 Å². The fourth-order valence-electron chi connectivity index (χ4n) is 5.22. The van der Waals surface area contributed by atoms with E-state index in [1.54, 1.807) is 0 Å². The molecular formula is C39H77NO12S. The van der Waals surface area contributed by atoms with E-state index in [1.807, 2.05) is 0 Å². The van der Waals surface area contributed by atoms with Gasteiger partial charge in [0.25, 0.3) is 5.91 Å². The van der Waals surface area contributed by atoms with Crippen LogP contribution < -0.4 is 0 Å². The second-order valence-corrected chi connectivity index (χ2v) is 13.5. The molecule has 0 saturated carbocycles. The van der Waals surface area contributed by atoms with E-state index >= 15 is 0 Å². The molecule has 53 heavy (non-hydrogen) atoms. The molecular weight excluding hydrogens is 706 g/mol. The first kappa shape index (κ1) is 52.2. The Morgan fingerprint density at radius 2 is 0.660 bits per heavy atom. The Bertz CT molecular complexity index is 710. The van der Waals surface area contributed by atoms with E-state index < -0.39 is 0 Å². The lowest BCUT2D eigenvalue weighted by atomic mass is 10.1. The molecule has 0 fully saturated rings. The van der Waals surface area contributed by atoms with Gasteiger partial charge in [0.2, 0.25) is 0 Å². The van der Waals surface area contributed by atoms with E-state index in [-0.39, 0.29) is 88.3 Å². The van der Waals surface area contributed by atoms with Crippen molar-refractivity contribution in [3.63, 3.8) is 0 Å². The Kier molecular flexibility index (Phi) is 37.6. The van der Waals surface area contributed by atoms with E-state index in [9.17, 15) is 4.79 Å². The second kappa shape index (κ2) is 38.1. The molecule has 316 valence electrons. The van der Waals surface area contributed by atoms with Crippen LogP contribution in [0.15, 0.2) is 4.36 Å². The highest BCUT2D eigenvalue weighted by Gasteiger charge is 2.18. The molecule has 0 aliphatic rings. The van der Waals surface area contributed by atoms with Gasteiger partial charge in [0, 0.05) is 30.2 Å². The Morgan fingerprint density at radius 1 is 0.415 bits per heavy atom. The van der Waals surface area contributed by atoms with Crippen molar-refractivity contribution in [2.24, 2.45) is 22.1 Å². The summed E-state index contributed by atoms with van der Waals surface area (Å²) in [7, 11) is 0. The highest BCUT2D eigenvalue weighted by atomic mass is 32.1. The summed E-state index contributed by atoms with van der Waals surface area (Å²) >= 11 is 4.50. The zero-order valence-corrected chi connectivity index (χ0v) is 35.4. The summed E-state index contributed by atoms with van der Waals surface area (Å²) in [4.78, 5) is 11.6. The maximum absolute atomic E-state index is 11.6. The predicted octanol–water partition coefficient (Wildman–Crippen LogP) is 7.25. The number of amides is 1. The van der Waals surface area contributed by atoms with Crippen molar-refractivity contribution in [2.75, 3.05) is 93.2 Å². The quantitative estimate of drug-likeness (QED) is 0.0456. The van der Waals surface area contributed by atoms with Gasteiger partial charge >= 0.3 is 0 Å². The summed E-state index contributed by atoms with van der Waals surface area (Å²) in [5.74, 6) is -0.564. The summed E-state index contributed by atoms with van der Waals surface area (Å²) < 4.78 is 68.4. The number of carbonyl (C=O) groups excluding carboxylic acids is 1. The SMILES string of the molecule is CCC(CC)OCOCC(COCOC(CC)CC)COCC(COCCC(=O)N=S)COCC(COCOC(CC)CC)COCOC(CC)CC. The minimum absolute atomic E-state index is 0.0393. The van der Waals surface area contributed by atoms with Crippen LogP contribution in [0.25, 0.3) is 0 Å². The van der Waals surface area contributed by atoms with Crippen LogP contribution in [0.2, 0.25) is 0 Å². The lowest BCUT2D eigenvalue weighted by Gasteiger charge is -2.23. The van der Waals surface area contributed by atoms with Crippen LogP contribution in [0.4, 0.5) is 0 Å². The Labute approximate surface area is 327 Å². The lowest BCUT2D eigenvalue weighted by Crippen LogP contribution is -2.29. The molecule has 0 bridgehead atoms. The average molecular weight is 784 g/mol. The molecule has 1 amide bonds. The van der Waals surface area contributed by atoms with E-state index in [2.05, 4.69) is 72.2 Å². The molecule has 0 atom stereocenters. The third kappa shape index (κ3) is 30.1. The topological polar surface area (TPSA) is 131 Å². The Morgan fingerprint density at radius 3 is 0.906 bits per heavy atom. The molecule has 14 heteroatoms. The monoisotopic (exact) mass is 784 g/mol. The smallest absolute Gasteiger partial charge is 0.259 e. The summed E-state index contributed by atoms with van der Waals surface area (Å²) in [6, 6.07) is 0. The number of nitrogens with zero attached hydrogens (tertiary/aromatic N) is 1. The molecule has 0 aliphatic carbocycles. The van der Waals surface area contributed by atoms with Gasteiger partial charge in [-0.15, -0.1) is 4.36 Å². The number of hydrogen-bond acceptors (Lipinski definition) is 13. The van der Waals surface area contributed by atoms with Gasteiger partial charge in [-0.1, -0.05) is 55.4 Å². The molecule has 0 aliphatic heterocycles. The van der Waals surface area contributed by atoms with Crippen LogP contribution in [-0.2, 0) is 69.3 Å². The minimum Gasteiger partial charge on any atom is -0.381 e. The molecule has 0 N–H and O–H groups in total. The number of ether oxygens (including phenoxy) is 11. The first-order valence-electron chi connectivity index (χ1n) is 20.2. The van der Waals surface area contributed by atoms with Crippen LogP contribution in [0, 0.1) is 17.8 Å². The van der Waals surface area contributed by atoms with Crippen LogP contribution in [0.3, 0.4) is 0 Å². The fraction of sp³-hybridized carbons (Fsp3) is 0.974. The molecule has 0 saturated heterocycles. The molecule has 0 aromatic carbocycles.